The van der Waals surface area contributed by atoms with Crippen LogP contribution in [-0.2, 0) is 0 Å². The van der Waals surface area contributed by atoms with E-state index in [0.29, 0.717) is 5.92 Å². The average molecular weight is 342 g/mol. The summed E-state index contributed by atoms with van der Waals surface area (Å²) < 4.78 is 0. The molecule has 0 spiro atoms. The number of nitrogens with one attached hydrogen (secondary N) is 1. The molecule has 26 heavy (non-hydrogen) atoms. The van der Waals surface area contributed by atoms with Crippen LogP contribution in [0.2, 0.25) is 0 Å². The number of rotatable bonds is 5. The van der Waals surface area contributed by atoms with Gasteiger partial charge in [0.2, 0.25) is 0 Å². The van der Waals surface area contributed by atoms with Gasteiger partial charge in [-0.05, 0) is 54.7 Å². The molecular weight excluding hydrogens is 316 g/mol. The van der Waals surface area contributed by atoms with Crippen LogP contribution in [0.4, 0.5) is 17.1 Å². The molecule has 0 aliphatic rings. The van der Waals surface area contributed by atoms with Crippen LogP contribution in [0.25, 0.3) is 0 Å². The summed E-state index contributed by atoms with van der Waals surface area (Å²) in [6.07, 6.45) is 1.94. The Hall–Kier alpha value is -2.87. The number of hydrogen-bond donors (Lipinski definition) is 1. The summed E-state index contributed by atoms with van der Waals surface area (Å²) >= 11 is 0. The van der Waals surface area contributed by atoms with Crippen LogP contribution in [0.1, 0.15) is 42.0 Å². The predicted molar refractivity (Wildman–Crippen MR) is 113 cm³/mol. The summed E-state index contributed by atoms with van der Waals surface area (Å²) in [4.78, 5) is 4.70. The Morgan fingerprint density at radius 3 is 2.27 bits per heavy atom. The van der Waals surface area contributed by atoms with Crippen molar-refractivity contribution < 1.29 is 0 Å². The van der Waals surface area contributed by atoms with Crippen molar-refractivity contribution >= 4 is 23.3 Å². The van der Waals surface area contributed by atoms with Crippen LogP contribution < -0.4 is 5.32 Å². The SMILES string of the molecule is Cc1cccc(C)c1Nc1ccccc1C=Nc1cccc(C(C)C)c1. The van der Waals surface area contributed by atoms with Crippen molar-refractivity contribution in [2.24, 2.45) is 4.99 Å². The number of benzene rings is 3. The van der Waals surface area contributed by atoms with Gasteiger partial charge in [-0.1, -0.05) is 62.4 Å². The first-order valence-corrected chi connectivity index (χ1v) is 9.11. The minimum Gasteiger partial charge on any atom is -0.355 e. The maximum Gasteiger partial charge on any atom is 0.0632 e. The van der Waals surface area contributed by atoms with Gasteiger partial charge >= 0.3 is 0 Å². The van der Waals surface area contributed by atoms with Gasteiger partial charge in [0.1, 0.15) is 0 Å². The summed E-state index contributed by atoms with van der Waals surface area (Å²) in [6.45, 7) is 8.66. The first-order chi connectivity index (χ1) is 12.5. The second kappa shape index (κ2) is 8.01. The molecule has 0 aromatic heterocycles. The zero-order valence-electron chi connectivity index (χ0n) is 16.0. The number of aryl methyl sites for hydroxylation is 2. The minimum absolute atomic E-state index is 0.503. The van der Waals surface area contributed by atoms with Gasteiger partial charge in [0.15, 0.2) is 0 Å². The molecular formula is C24H26N2. The normalized spacial score (nSPS) is 11.3. The van der Waals surface area contributed by atoms with Crippen molar-refractivity contribution in [3.63, 3.8) is 0 Å². The second-order valence-electron chi connectivity index (χ2n) is 6.99. The van der Waals surface area contributed by atoms with Crippen LogP contribution in [0.15, 0.2) is 71.7 Å². The third-order valence-electron chi connectivity index (χ3n) is 4.59. The van der Waals surface area contributed by atoms with E-state index in [1.807, 2.05) is 24.4 Å². The average Bonchev–Trinajstić information content (AvgIpc) is 2.64. The van der Waals surface area contributed by atoms with Crippen molar-refractivity contribution in [1.82, 2.24) is 0 Å². The summed E-state index contributed by atoms with van der Waals surface area (Å²) in [6, 6.07) is 23.0. The molecule has 0 saturated heterocycles. The highest BCUT2D eigenvalue weighted by atomic mass is 14.9. The first kappa shape index (κ1) is 17.9. The Labute approximate surface area is 156 Å². The van der Waals surface area contributed by atoms with Gasteiger partial charge in [0.05, 0.1) is 5.69 Å². The molecule has 0 fully saturated rings. The van der Waals surface area contributed by atoms with E-state index >= 15 is 0 Å². The lowest BCUT2D eigenvalue weighted by molar-refractivity contribution is 0.867. The number of para-hydroxylation sites is 2. The highest BCUT2D eigenvalue weighted by molar-refractivity contribution is 5.91. The van der Waals surface area contributed by atoms with E-state index < -0.39 is 0 Å². The molecule has 0 heterocycles. The van der Waals surface area contributed by atoms with E-state index in [4.69, 9.17) is 4.99 Å². The Bertz CT molecular complexity index is 903. The summed E-state index contributed by atoms with van der Waals surface area (Å²) in [7, 11) is 0. The van der Waals surface area contributed by atoms with Gasteiger partial charge in [-0.2, -0.15) is 0 Å². The third-order valence-corrected chi connectivity index (χ3v) is 4.59. The van der Waals surface area contributed by atoms with Crippen LogP contribution in [-0.4, -0.2) is 6.21 Å². The van der Waals surface area contributed by atoms with E-state index in [9.17, 15) is 0 Å². The smallest absolute Gasteiger partial charge is 0.0632 e. The first-order valence-electron chi connectivity index (χ1n) is 9.11. The monoisotopic (exact) mass is 342 g/mol. The summed E-state index contributed by atoms with van der Waals surface area (Å²) in [5.74, 6) is 0.503. The van der Waals surface area contributed by atoms with Gasteiger partial charge in [0, 0.05) is 23.2 Å². The lowest BCUT2D eigenvalue weighted by atomic mass is 10.0. The molecule has 0 amide bonds. The fraction of sp³-hybridized carbons (Fsp3) is 0.208. The minimum atomic E-state index is 0.503. The van der Waals surface area contributed by atoms with Gasteiger partial charge in [0.25, 0.3) is 0 Å². The molecule has 1 N–H and O–H groups in total. The molecule has 2 heteroatoms. The number of nitrogens with zero attached hydrogens (tertiary/aromatic N) is 1. The molecule has 3 aromatic carbocycles. The van der Waals surface area contributed by atoms with Crippen LogP contribution >= 0.6 is 0 Å². The quantitative estimate of drug-likeness (QED) is 0.500. The summed E-state index contributed by atoms with van der Waals surface area (Å²) in [5, 5.41) is 3.58. The highest BCUT2D eigenvalue weighted by Crippen LogP contribution is 2.26. The van der Waals surface area contributed by atoms with Crippen LogP contribution in [0, 0.1) is 13.8 Å². The Kier molecular flexibility index (Phi) is 5.52. The third kappa shape index (κ3) is 4.20. The second-order valence-corrected chi connectivity index (χ2v) is 6.99. The van der Waals surface area contributed by atoms with E-state index in [1.54, 1.807) is 0 Å². The Balaban J connectivity index is 1.89. The highest BCUT2D eigenvalue weighted by Gasteiger charge is 2.05. The molecule has 2 nitrogen and oxygen atoms in total. The summed E-state index contributed by atoms with van der Waals surface area (Å²) in [5.41, 5.74) is 8.07. The van der Waals surface area contributed by atoms with Crippen molar-refractivity contribution in [3.8, 4) is 0 Å². The van der Waals surface area contributed by atoms with Gasteiger partial charge in [-0.3, -0.25) is 4.99 Å². The molecule has 0 radical (unpaired) electrons. The van der Waals surface area contributed by atoms with Crippen LogP contribution in [0.3, 0.4) is 0 Å². The number of aliphatic imine (C=N–C) groups is 1. The van der Waals surface area contributed by atoms with Crippen molar-refractivity contribution in [1.29, 1.82) is 0 Å². The van der Waals surface area contributed by atoms with E-state index in [2.05, 4.69) is 81.5 Å². The molecule has 0 bridgehead atoms. The molecule has 132 valence electrons. The van der Waals surface area contributed by atoms with E-state index in [-0.39, 0.29) is 0 Å². The van der Waals surface area contributed by atoms with Crippen molar-refractivity contribution in [2.45, 2.75) is 33.6 Å². The zero-order valence-corrected chi connectivity index (χ0v) is 16.0. The van der Waals surface area contributed by atoms with Gasteiger partial charge < -0.3 is 5.32 Å². The lowest BCUT2D eigenvalue weighted by Gasteiger charge is -2.14. The fourth-order valence-corrected chi connectivity index (χ4v) is 2.98. The molecule has 0 atom stereocenters. The molecule has 0 saturated carbocycles. The maximum absolute atomic E-state index is 4.70. The van der Waals surface area contributed by atoms with Crippen LogP contribution in [0.5, 0.6) is 0 Å². The molecule has 3 aromatic rings. The predicted octanol–water partition coefficient (Wildman–Crippen LogP) is 6.92. The molecule has 0 aliphatic carbocycles. The molecule has 3 rings (SSSR count). The van der Waals surface area contributed by atoms with Crippen molar-refractivity contribution in [2.75, 3.05) is 5.32 Å². The fourth-order valence-electron chi connectivity index (χ4n) is 2.98. The number of anilines is 2. The molecule has 0 aliphatic heterocycles. The largest absolute Gasteiger partial charge is 0.355 e. The molecule has 0 unspecified atom stereocenters. The van der Waals surface area contributed by atoms with E-state index in [1.165, 1.54) is 16.7 Å². The Morgan fingerprint density at radius 2 is 1.54 bits per heavy atom. The maximum atomic E-state index is 4.70. The topological polar surface area (TPSA) is 24.4 Å². The zero-order chi connectivity index (χ0) is 18.5. The number of hydrogen-bond acceptors (Lipinski definition) is 2. The Morgan fingerprint density at radius 1 is 0.846 bits per heavy atom. The van der Waals surface area contributed by atoms with Gasteiger partial charge in [-0.25, -0.2) is 0 Å². The van der Waals surface area contributed by atoms with Crippen molar-refractivity contribution in [3.05, 3.63) is 89.0 Å². The van der Waals surface area contributed by atoms with Gasteiger partial charge in [-0.15, -0.1) is 0 Å². The standard InChI is InChI=1S/C24H26N2/c1-17(2)20-12-8-13-22(15-20)25-16-21-11-5-6-14-23(21)26-24-18(3)9-7-10-19(24)4/h5-17,26H,1-4H3. The van der Waals surface area contributed by atoms with E-state index in [0.717, 1.165) is 22.6 Å². The lowest BCUT2D eigenvalue weighted by Crippen LogP contribution is -1.99.